The highest BCUT2D eigenvalue weighted by molar-refractivity contribution is 7.13. The van der Waals surface area contributed by atoms with Gasteiger partial charge in [0, 0.05) is 61.6 Å². The molecule has 2 aromatic heterocycles. The van der Waals surface area contributed by atoms with Crippen molar-refractivity contribution in [2.75, 3.05) is 45.2 Å². The number of para-hydroxylation sites is 2. The van der Waals surface area contributed by atoms with E-state index in [-0.39, 0.29) is 12.4 Å². The summed E-state index contributed by atoms with van der Waals surface area (Å²) in [6, 6.07) is 17.1. The first-order valence-corrected chi connectivity index (χ1v) is 11.3. The van der Waals surface area contributed by atoms with E-state index in [1.165, 1.54) is 11.0 Å². The van der Waals surface area contributed by atoms with Crippen molar-refractivity contribution in [2.24, 2.45) is 5.10 Å². The molecule has 31 heavy (non-hydrogen) atoms. The number of aromatic nitrogens is 2. The van der Waals surface area contributed by atoms with Gasteiger partial charge in [-0.3, -0.25) is 10.3 Å². The number of nitrogens with one attached hydrogen (secondary N) is 1. The van der Waals surface area contributed by atoms with E-state index >= 15 is 0 Å². The number of pyridine rings is 1. The molecule has 0 unspecified atom stereocenters. The summed E-state index contributed by atoms with van der Waals surface area (Å²) in [6.45, 7) is 6.58. The molecule has 162 valence electrons. The third kappa shape index (κ3) is 4.60. The van der Waals surface area contributed by atoms with E-state index in [9.17, 15) is 0 Å². The normalized spacial score (nSPS) is 15.1. The van der Waals surface area contributed by atoms with Crippen molar-refractivity contribution < 1.29 is 0 Å². The second kappa shape index (κ2) is 9.78. The van der Waals surface area contributed by atoms with E-state index in [1.807, 2.05) is 5.38 Å². The van der Waals surface area contributed by atoms with E-state index in [0.717, 1.165) is 60.5 Å². The maximum atomic E-state index is 4.77. The Kier molecular flexibility index (Phi) is 6.87. The van der Waals surface area contributed by atoms with Crippen LogP contribution in [0.5, 0.6) is 0 Å². The fraction of sp³-hybridized carbons (Fsp3) is 0.304. The summed E-state index contributed by atoms with van der Waals surface area (Å²) in [5, 5.41) is 10.8. The number of fused-ring (bicyclic) bond motifs is 2. The molecular formula is C23H27ClN6S. The molecule has 1 aliphatic rings. The quantitative estimate of drug-likeness (QED) is 0.367. The van der Waals surface area contributed by atoms with E-state index < -0.39 is 0 Å². The summed E-state index contributed by atoms with van der Waals surface area (Å²) < 4.78 is 2.45. The lowest BCUT2D eigenvalue weighted by Gasteiger charge is -2.32. The van der Waals surface area contributed by atoms with E-state index in [4.69, 9.17) is 5.10 Å². The average molecular weight is 455 g/mol. The van der Waals surface area contributed by atoms with Crippen LogP contribution >= 0.6 is 23.7 Å². The number of rotatable bonds is 5. The molecule has 2 aromatic carbocycles. The second-order valence-corrected chi connectivity index (χ2v) is 8.63. The van der Waals surface area contributed by atoms with Gasteiger partial charge in [-0.1, -0.05) is 36.4 Å². The fourth-order valence-electron chi connectivity index (χ4n) is 4.15. The molecule has 5 rings (SSSR count). The molecule has 0 atom stereocenters. The number of benzene rings is 2. The summed E-state index contributed by atoms with van der Waals surface area (Å²) >= 11 is 1.55. The zero-order valence-electron chi connectivity index (χ0n) is 17.6. The van der Waals surface area contributed by atoms with Crippen molar-refractivity contribution >= 4 is 50.7 Å². The predicted octanol–water partition coefficient (Wildman–Crippen LogP) is 3.85. The van der Waals surface area contributed by atoms with Crippen molar-refractivity contribution in [1.29, 1.82) is 0 Å². The van der Waals surface area contributed by atoms with Gasteiger partial charge in [-0.2, -0.15) is 5.10 Å². The maximum Gasteiger partial charge on any atom is 0.203 e. The molecule has 1 saturated heterocycles. The number of anilines is 1. The molecule has 1 N–H and O–H groups in total. The largest absolute Gasteiger partial charge is 0.339 e. The Morgan fingerprint density at radius 1 is 0.935 bits per heavy atom. The third-order valence-corrected chi connectivity index (χ3v) is 6.51. The Morgan fingerprint density at radius 2 is 1.58 bits per heavy atom. The molecule has 0 saturated carbocycles. The van der Waals surface area contributed by atoms with Crippen molar-refractivity contribution in [1.82, 2.24) is 19.4 Å². The first-order chi connectivity index (χ1) is 14.8. The van der Waals surface area contributed by atoms with Crippen LogP contribution in [0.3, 0.4) is 0 Å². The van der Waals surface area contributed by atoms with Crippen LogP contribution in [0.25, 0.3) is 21.8 Å². The molecule has 0 spiro atoms. The first-order valence-electron chi connectivity index (χ1n) is 10.4. The highest BCUT2D eigenvalue weighted by atomic mass is 35.5. The topological polar surface area (TPSA) is 48.7 Å². The van der Waals surface area contributed by atoms with Gasteiger partial charge < -0.3 is 9.47 Å². The molecule has 3 heterocycles. The van der Waals surface area contributed by atoms with Gasteiger partial charge in [0.2, 0.25) is 5.13 Å². The first kappa shape index (κ1) is 21.8. The molecule has 0 amide bonds. The average Bonchev–Trinajstić information content (AvgIpc) is 3.31. The Balaban J connectivity index is 0.00000231. The predicted molar refractivity (Wildman–Crippen MR) is 132 cm³/mol. The number of halogens is 1. The van der Waals surface area contributed by atoms with Crippen molar-refractivity contribution in [3.63, 3.8) is 0 Å². The molecule has 8 heteroatoms. The minimum atomic E-state index is 0. The van der Waals surface area contributed by atoms with Crippen LogP contribution in [0.2, 0.25) is 0 Å². The summed E-state index contributed by atoms with van der Waals surface area (Å²) in [4.78, 5) is 9.27. The monoisotopic (exact) mass is 454 g/mol. The lowest BCUT2D eigenvalue weighted by molar-refractivity contribution is 0.151. The third-order valence-electron chi connectivity index (χ3n) is 5.83. The van der Waals surface area contributed by atoms with Gasteiger partial charge in [-0.15, -0.1) is 23.7 Å². The van der Waals surface area contributed by atoms with Gasteiger partial charge in [-0.05, 0) is 19.2 Å². The molecule has 1 fully saturated rings. The fourth-order valence-corrected chi connectivity index (χ4v) is 4.62. The van der Waals surface area contributed by atoms with Gasteiger partial charge in [0.25, 0.3) is 0 Å². The number of piperazine rings is 1. The lowest BCUT2D eigenvalue weighted by atomic mass is 10.1. The Bertz CT molecular complexity index is 1150. The Labute approximate surface area is 192 Å². The van der Waals surface area contributed by atoms with Gasteiger partial charge in [0.05, 0.1) is 11.0 Å². The van der Waals surface area contributed by atoms with Crippen LogP contribution in [-0.4, -0.2) is 59.1 Å². The van der Waals surface area contributed by atoms with Crippen LogP contribution < -0.4 is 10.8 Å². The Morgan fingerprint density at radius 3 is 2.19 bits per heavy atom. The summed E-state index contributed by atoms with van der Waals surface area (Å²) in [5.41, 5.74) is 5.57. The number of hydrogen-bond donors (Lipinski definition) is 1. The van der Waals surface area contributed by atoms with Crippen molar-refractivity contribution in [3.8, 4) is 0 Å². The Hall–Kier alpha value is -2.45. The van der Waals surface area contributed by atoms with Crippen LogP contribution in [0.15, 0.2) is 65.2 Å². The minimum absolute atomic E-state index is 0. The van der Waals surface area contributed by atoms with E-state index in [2.05, 4.69) is 80.4 Å². The minimum Gasteiger partial charge on any atom is -0.339 e. The number of thiazole rings is 1. The molecular weight excluding hydrogens is 428 g/mol. The van der Waals surface area contributed by atoms with E-state index in [0.29, 0.717) is 0 Å². The summed E-state index contributed by atoms with van der Waals surface area (Å²) in [5.74, 6) is 0. The maximum absolute atomic E-state index is 4.77. The molecule has 0 radical (unpaired) electrons. The number of likely N-dealkylation sites (N-methyl/N-ethyl adjacent to an activating group) is 1. The van der Waals surface area contributed by atoms with Crippen molar-refractivity contribution in [2.45, 2.75) is 6.54 Å². The second-order valence-electron chi connectivity index (χ2n) is 7.74. The van der Waals surface area contributed by atoms with Crippen LogP contribution in [0, 0.1) is 0 Å². The summed E-state index contributed by atoms with van der Waals surface area (Å²) in [6.07, 6.45) is 1.79. The van der Waals surface area contributed by atoms with Gasteiger partial charge in [-0.25, -0.2) is 4.98 Å². The molecule has 4 aromatic rings. The van der Waals surface area contributed by atoms with Gasteiger partial charge in [0.15, 0.2) is 0 Å². The van der Waals surface area contributed by atoms with E-state index in [1.54, 1.807) is 17.5 Å². The molecule has 0 bridgehead atoms. The standard InChI is InChI=1S/C23H26N6S.ClH/c1-27-11-13-28(14-12-27)15-16-29-20-8-4-2-6-18(20)22(19-7-3-5-9-21(19)29)25-26-23-24-10-17-30-23;/h2-10,17H,11-16H2,1H3,(H,24,26);1H. The van der Waals surface area contributed by atoms with Crippen LogP contribution in [-0.2, 0) is 6.54 Å². The zero-order chi connectivity index (χ0) is 20.3. The summed E-state index contributed by atoms with van der Waals surface area (Å²) in [7, 11) is 2.20. The highest BCUT2D eigenvalue weighted by Gasteiger charge is 2.15. The van der Waals surface area contributed by atoms with Crippen LogP contribution in [0.4, 0.5) is 5.13 Å². The number of hydrogen-bond acceptors (Lipinski definition) is 6. The van der Waals surface area contributed by atoms with Crippen molar-refractivity contribution in [3.05, 3.63) is 65.5 Å². The smallest absolute Gasteiger partial charge is 0.203 e. The SMILES string of the molecule is CN1CCN(CCn2c3ccccc3c(=NNc3nccs3)c3ccccc32)CC1.Cl. The molecule has 0 aliphatic carbocycles. The highest BCUT2D eigenvalue weighted by Crippen LogP contribution is 2.20. The van der Waals surface area contributed by atoms with Gasteiger partial charge >= 0.3 is 0 Å². The zero-order valence-corrected chi connectivity index (χ0v) is 19.2. The lowest BCUT2D eigenvalue weighted by Crippen LogP contribution is -2.45. The molecule has 1 aliphatic heterocycles. The van der Waals surface area contributed by atoms with Gasteiger partial charge in [0.1, 0.15) is 5.36 Å². The van der Waals surface area contributed by atoms with Crippen LogP contribution in [0.1, 0.15) is 0 Å². The number of nitrogens with zero attached hydrogens (tertiary/aromatic N) is 5. The molecule has 6 nitrogen and oxygen atoms in total.